The molecule has 0 aliphatic heterocycles. The van der Waals surface area contributed by atoms with E-state index in [4.69, 9.17) is 4.42 Å². The summed E-state index contributed by atoms with van der Waals surface area (Å²) in [6.07, 6.45) is 6.34. The second-order valence-electron chi connectivity index (χ2n) is 4.90. The van der Waals surface area contributed by atoms with Crippen molar-refractivity contribution in [2.75, 3.05) is 5.32 Å². The van der Waals surface area contributed by atoms with E-state index in [1.165, 1.54) is 29.7 Å². The Morgan fingerprint density at radius 2 is 2.17 bits per heavy atom. The highest BCUT2D eigenvalue weighted by Crippen LogP contribution is 2.33. The summed E-state index contributed by atoms with van der Waals surface area (Å²) in [5.41, 5.74) is 3.99. The van der Waals surface area contributed by atoms with Crippen molar-refractivity contribution in [2.24, 2.45) is 0 Å². The Balaban J connectivity index is 1.86. The summed E-state index contributed by atoms with van der Waals surface area (Å²) in [6.45, 7) is 2.20. The van der Waals surface area contributed by atoms with Gasteiger partial charge in [-0.15, -0.1) is 0 Å². The van der Waals surface area contributed by atoms with Crippen molar-refractivity contribution < 1.29 is 4.42 Å². The van der Waals surface area contributed by atoms with Gasteiger partial charge in [-0.2, -0.15) is 0 Å². The first kappa shape index (κ1) is 11.4. The molecule has 1 unspecified atom stereocenters. The van der Waals surface area contributed by atoms with Crippen molar-refractivity contribution >= 4 is 5.69 Å². The van der Waals surface area contributed by atoms with Gasteiger partial charge in [-0.05, 0) is 37.0 Å². The maximum atomic E-state index is 5.54. The average Bonchev–Trinajstić information content (AvgIpc) is 2.89. The van der Waals surface area contributed by atoms with Crippen LogP contribution in [0.2, 0.25) is 0 Å². The van der Waals surface area contributed by atoms with Crippen molar-refractivity contribution in [3.05, 3.63) is 53.5 Å². The van der Waals surface area contributed by atoms with Crippen LogP contribution in [0.3, 0.4) is 0 Å². The molecule has 2 nitrogen and oxygen atoms in total. The quantitative estimate of drug-likeness (QED) is 0.865. The molecule has 1 heterocycles. The molecule has 0 bridgehead atoms. The van der Waals surface area contributed by atoms with Gasteiger partial charge in [0.1, 0.15) is 5.76 Å². The van der Waals surface area contributed by atoms with Crippen molar-refractivity contribution in [1.29, 1.82) is 0 Å². The molecule has 0 saturated heterocycles. The maximum Gasteiger partial charge on any atom is 0.109 e. The molecule has 1 N–H and O–H groups in total. The van der Waals surface area contributed by atoms with Crippen LogP contribution < -0.4 is 5.32 Å². The summed E-state index contributed by atoms with van der Waals surface area (Å²) in [5.74, 6) is 1.16. The zero-order valence-electron chi connectivity index (χ0n) is 10.8. The normalized spacial score (nSPS) is 18.4. The molecular weight excluding hydrogens is 222 g/mol. The van der Waals surface area contributed by atoms with Crippen molar-refractivity contribution in [3.8, 4) is 0 Å². The molecule has 0 spiro atoms. The minimum Gasteiger partial charge on any atom is -0.469 e. The lowest BCUT2D eigenvalue weighted by atomic mass is 9.93. The molecule has 1 atom stereocenters. The third-order valence-electron chi connectivity index (χ3n) is 3.78. The number of rotatable bonds is 3. The first-order valence-corrected chi connectivity index (χ1v) is 6.79. The van der Waals surface area contributed by atoms with Gasteiger partial charge in [0.25, 0.3) is 0 Å². The Morgan fingerprint density at radius 3 is 3.06 bits per heavy atom. The van der Waals surface area contributed by atoms with Gasteiger partial charge < -0.3 is 9.73 Å². The fourth-order valence-corrected chi connectivity index (χ4v) is 2.79. The molecular formula is C16H19NO. The number of aryl methyl sites for hydroxylation is 2. The Morgan fingerprint density at radius 1 is 1.28 bits per heavy atom. The van der Waals surface area contributed by atoms with Crippen LogP contribution in [0.5, 0.6) is 0 Å². The fraction of sp³-hybridized carbons (Fsp3) is 0.375. The van der Waals surface area contributed by atoms with E-state index in [0.29, 0.717) is 6.04 Å². The standard InChI is InChI=1S/C16H19NO/c1-2-12-6-3-4-7-14(12)17-15-8-5-9-16-13(15)10-11-18-16/h3-4,6-7,10-11,15,17H,2,5,8-9H2,1H3. The number of hydrogen-bond donors (Lipinski definition) is 1. The second-order valence-corrected chi connectivity index (χ2v) is 4.90. The van der Waals surface area contributed by atoms with E-state index in [9.17, 15) is 0 Å². The van der Waals surface area contributed by atoms with Gasteiger partial charge >= 0.3 is 0 Å². The maximum absolute atomic E-state index is 5.54. The zero-order chi connectivity index (χ0) is 12.4. The predicted molar refractivity (Wildman–Crippen MR) is 73.8 cm³/mol. The van der Waals surface area contributed by atoms with E-state index in [2.05, 4.69) is 42.6 Å². The summed E-state index contributed by atoms with van der Waals surface area (Å²) in [7, 11) is 0. The molecule has 0 amide bonds. The lowest BCUT2D eigenvalue weighted by Gasteiger charge is -2.25. The number of hydrogen-bond acceptors (Lipinski definition) is 2. The molecule has 94 valence electrons. The van der Waals surface area contributed by atoms with Crippen LogP contribution in [-0.2, 0) is 12.8 Å². The van der Waals surface area contributed by atoms with E-state index in [1.807, 2.05) is 6.26 Å². The van der Waals surface area contributed by atoms with Crippen molar-refractivity contribution in [3.63, 3.8) is 0 Å². The number of nitrogens with one attached hydrogen (secondary N) is 1. The van der Waals surface area contributed by atoms with Gasteiger partial charge in [-0.1, -0.05) is 25.1 Å². The van der Waals surface area contributed by atoms with Crippen LogP contribution in [0.4, 0.5) is 5.69 Å². The third kappa shape index (κ3) is 2.03. The number of benzene rings is 1. The molecule has 0 saturated carbocycles. The van der Waals surface area contributed by atoms with Gasteiger partial charge in [0.2, 0.25) is 0 Å². The van der Waals surface area contributed by atoms with Crippen LogP contribution in [-0.4, -0.2) is 0 Å². The summed E-state index contributed by atoms with van der Waals surface area (Å²) >= 11 is 0. The third-order valence-corrected chi connectivity index (χ3v) is 3.78. The van der Waals surface area contributed by atoms with Crippen LogP contribution in [0.15, 0.2) is 41.0 Å². The highest BCUT2D eigenvalue weighted by Gasteiger charge is 2.22. The molecule has 0 fully saturated rings. The van der Waals surface area contributed by atoms with Crippen molar-refractivity contribution in [1.82, 2.24) is 0 Å². The number of fused-ring (bicyclic) bond motifs is 1. The zero-order valence-corrected chi connectivity index (χ0v) is 10.8. The Kier molecular flexibility index (Phi) is 3.09. The smallest absolute Gasteiger partial charge is 0.109 e. The van der Waals surface area contributed by atoms with Crippen LogP contribution in [0.1, 0.15) is 42.7 Å². The van der Waals surface area contributed by atoms with E-state index in [0.717, 1.165) is 18.6 Å². The summed E-state index contributed by atoms with van der Waals surface area (Å²) in [6, 6.07) is 11.1. The molecule has 18 heavy (non-hydrogen) atoms. The first-order valence-electron chi connectivity index (χ1n) is 6.79. The second kappa shape index (κ2) is 4.89. The predicted octanol–water partition coefficient (Wildman–Crippen LogP) is 4.33. The Hall–Kier alpha value is -1.70. The SMILES string of the molecule is CCc1ccccc1NC1CCCc2occc21. The van der Waals surface area contributed by atoms with Gasteiger partial charge in [0, 0.05) is 17.7 Å². The van der Waals surface area contributed by atoms with E-state index in [1.54, 1.807) is 0 Å². The number of para-hydroxylation sites is 1. The highest BCUT2D eigenvalue weighted by molar-refractivity contribution is 5.53. The van der Waals surface area contributed by atoms with Gasteiger partial charge in [-0.25, -0.2) is 0 Å². The topological polar surface area (TPSA) is 25.2 Å². The first-order chi connectivity index (χ1) is 8.88. The largest absolute Gasteiger partial charge is 0.469 e. The van der Waals surface area contributed by atoms with E-state index >= 15 is 0 Å². The summed E-state index contributed by atoms with van der Waals surface area (Å²) in [5, 5.41) is 3.68. The molecule has 0 radical (unpaired) electrons. The highest BCUT2D eigenvalue weighted by atomic mass is 16.3. The fourth-order valence-electron chi connectivity index (χ4n) is 2.79. The molecule has 2 heteroatoms. The van der Waals surface area contributed by atoms with Crippen molar-refractivity contribution in [2.45, 2.75) is 38.6 Å². The monoisotopic (exact) mass is 241 g/mol. The Bertz CT molecular complexity index is 529. The van der Waals surface area contributed by atoms with Gasteiger partial charge in [0.15, 0.2) is 0 Å². The molecule has 1 aliphatic rings. The molecule has 2 aromatic rings. The average molecular weight is 241 g/mol. The van der Waals surface area contributed by atoms with E-state index < -0.39 is 0 Å². The minimum atomic E-state index is 0.403. The van der Waals surface area contributed by atoms with Gasteiger partial charge in [-0.3, -0.25) is 0 Å². The van der Waals surface area contributed by atoms with E-state index in [-0.39, 0.29) is 0 Å². The van der Waals surface area contributed by atoms with Crippen LogP contribution in [0, 0.1) is 0 Å². The van der Waals surface area contributed by atoms with Gasteiger partial charge in [0.05, 0.1) is 12.3 Å². The van der Waals surface area contributed by atoms with Crippen LogP contribution in [0.25, 0.3) is 0 Å². The molecule has 1 aliphatic carbocycles. The lowest BCUT2D eigenvalue weighted by molar-refractivity contribution is 0.461. The molecule has 1 aromatic heterocycles. The van der Waals surface area contributed by atoms with Crippen LogP contribution >= 0.6 is 0 Å². The molecule has 3 rings (SSSR count). The minimum absolute atomic E-state index is 0.403. The summed E-state index contributed by atoms with van der Waals surface area (Å²) < 4.78 is 5.54. The Labute approximate surface area is 108 Å². The number of furan rings is 1. The molecule has 1 aromatic carbocycles. The summed E-state index contributed by atoms with van der Waals surface area (Å²) in [4.78, 5) is 0. The number of anilines is 1. The lowest BCUT2D eigenvalue weighted by Crippen LogP contribution is -2.16.